The molecular weight excluding hydrogens is 400 g/mol. The number of carbonyl (C=O) groups is 1. The lowest BCUT2D eigenvalue weighted by atomic mass is 10.1. The van der Waals surface area contributed by atoms with Crippen LogP contribution in [-0.2, 0) is 13.1 Å². The Hall–Kier alpha value is -2.06. The van der Waals surface area contributed by atoms with Crippen LogP contribution in [0.2, 0.25) is 0 Å². The number of nitrogens with one attached hydrogen (secondary N) is 1. The highest BCUT2D eigenvalue weighted by Crippen LogP contribution is 2.29. The van der Waals surface area contributed by atoms with Crippen LogP contribution < -0.4 is 5.32 Å². The highest BCUT2D eigenvalue weighted by atomic mass is 32.1. The van der Waals surface area contributed by atoms with Gasteiger partial charge in [0.05, 0.1) is 5.69 Å². The molecule has 1 aromatic carbocycles. The van der Waals surface area contributed by atoms with Crippen molar-refractivity contribution in [2.24, 2.45) is 0 Å². The Balaban J connectivity index is 1.36. The van der Waals surface area contributed by atoms with Crippen LogP contribution in [0.3, 0.4) is 0 Å². The predicted molar refractivity (Wildman–Crippen MR) is 121 cm³/mol. The number of aryl methyl sites for hydroxylation is 1. The van der Waals surface area contributed by atoms with E-state index in [1.165, 1.54) is 16.9 Å². The summed E-state index contributed by atoms with van der Waals surface area (Å²) in [6.45, 7) is 7.85. The molecule has 0 radical (unpaired) electrons. The van der Waals surface area contributed by atoms with Gasteiger partial charge in [0.1, 0.15) is 9.88 Å². The van der Waals surface area contributed by atoms with Crippen molar-refractivity contribution >= 4 is 28.6 Å². The number of hydrogen-bond donors (Lipinski definition) is 1. The predicted octanol–water partition coefficient (Wildman–Crippen LogP) is 3.86. The van der Waals surface area contributed by atoms with E-state index in [0.29, 0.717) is 11.4 Å². The van der Waals surface area contributed by atoms with E-state index in [4.69, 9.17) is 0 Å². The summed E-state index contributed by atoms with van der Waals surface area (Å²) in [5.74, 6) is -0.0500. The van der Waals surface area contributed by atoms with Crippen molar-refractivity contribution in [1.29, 1.82) is 0 Å². The fourth-order valence-electron chi connectivity index (χ4n) is 3.48. The molecule has 1 fully saturated rings. The third-order valence-corrected chi connectivity index (χ3v) is 7.11. The molecule has 0 bridgehead atoms. The third kappa shape index (κ3) is 5.11. The average Bonchev–Trinajstić information content (AvgIpc) is 3.38. The van der Waals surface area contributed by atoms with E-state index in [1.807, 2.05) is 18.4 Å². The summed E-state index contributed by atoms with van der Waals surface area (Å²) in [4.78, 5) is 22.8. The number of likely N-dealkylation sites (N-methyl/N-ethyl adjacent to an activating group) is 1. The van der Waals surface area contributed by atoms with Crippen molar-refractivity contribution in [2.75, 3.05) is 33.2 Å². The lowest BCUT2D eigenvalue weighted by molar-refractivity contribution is 0.0954. The highest BCUT2D eigenvalue weighted by molar-refractivity contribution is 7.17. The molecule has 0 saturated carbocycles. The molecule has 1 N–H and O–H groups in total. The Morgan fingerprint density at radius 3 is 2.72 bits per heavy atom. The molecule has 7 heteroatoms. The zero-order valence-electron chi connectivity index (χ0n) is 16.9. The zero-order valence-corrected chi connectivity index (χ0v) is 18.5. The lowest BCUT2D eigenvalue weighted by Crippen LogP contribution is -2.43. The van der Waals surface area contributed by atoms with E-state index < -0.39 is 0 Å². The van der Waals surface area contributed by atoms with Crippen molar-refractivity contribution in [3.05, 3.63) is 62.8 Å². The normalized spacial score (nSPS) is 15.5. The summed E-state index contributed by atoms with van der Waals surface area (Å²) in [6.07, 6.45) is 0. The maximum atomic E-state index is 12.7. The quantitative estimate of drug-likeness (QED) is 0.650. The highest BCUT2D eigenvalue weighted by Gasteiger charge is 2.17. The number of nitrogens with zero attached hydrogens (tertiary/aromatic N) is 3. The first kappa shape index (κ1) is 20.2. The number of thiophene rings is 1. The van der Waals surface area contributed by atoms with Gasteiger partial charge in [-0.25, -0.2) is 4.98 Å². The maximum absolute atomic E-state index is 12.7. The molecule has 3 aromatic rings. The molecule has 1 aliphatic rings. The summed E-state index contributed by atoms with van der Waals surface area (Å²) >= 11 is 3.10. The van der Waals surface area contributed by atoms with Gasteiger partial charge in [-0.15, -0.1) is 11.3 Å². The minimum absolute atomic E-state index is 0.0500. The second-order valence-electron chi connectivity index (χ2n) is 7.53. The zero-order chi connectivity index (χ0) is 20.2. The Morgan fingerprint density at radius 1 is 1.17 bits per heavy atom. The molecule has 1 saturated heterocycles. The molecule has 0 atom stereocenters. The number of piperazine rings is 1. The standard InChI is InChI=1S/C22H26N4OS2/c1-16-20(29-22(24-16)19-6-11-28-15-19)21(27)23-13-17-4-3-5-18(12-17)14-26-9-7-25(2)8-10-26/h3-6,11-12,15H,7-10,13-14H2,1-2H3,(H,23,27). The number of hydrogen-bond acceptors (Lipinski definition) is 6. The molecule has 29 heavy (non-hydrogen) atoms. The first-order valence-corrected chi connectivity index (χ1v) is 11.6. The minimum atomic E-state index is -0.0500. The number of rotatable bonds is 6. The molecule has 2 aromatic heterocycles. The Morgan fingerprint density at radius 2 is 1.97 bits per heavy atom. The number of amides is 1. The Kier molecular flexibility index (Phi) is 6.40. The van der Waals surface area contributed by atoms with Crippen molar-refractivity contribution in [3.63, 3.8) is 0 Å². The first-order chi connectivity index (χ1) is 14.1. The van der Waals surface area contributed by atoms with E-state index in [2.05, 4.69) is 56.8 Å². The number of carbonyl (C=O) groups excluding carboxylic acids is 1. The monoisotopic (exact) mass is 426 g/mol. The van der Waals surface area contributed by atoms with E-state index >= 15 is 0 Å². The van der Waals surface area contributed by atoms with Crippen molar-refractivity contribution in [2.45, 2.75) is 20.0 Å². The molecule has 1 aliphatic heterocycles. The minimum Gasteiger partial charge on any atom is -0.347 e. The second kappa shape index (κ2) is 9.17. The molecular formula is C22H26N4OS2. The van der Waals surface area contributed by atoms with Crippen LogP contribution in [0, 0.1) is 6.92 Å². The van der Waals surface area contributed by atoms with E-state index in [-0.39, 0.29) is 5.91 Å². The van der Waals surface area contributed by atoms with E-state index in [0.717, 1.165) is 54.6 Å². The number of aromatic nitrogens is 1. The van der Waals surface area contributed by atoms with Gasteiger partial charge < -0.3 is 10.2 Å². The average molecular weight is 427 g/mol. The Labute approximate surface area is 180 Å². The summed E-state index contributed by atoms with van der Waals surface area (Å²) in [5, 5.41) is 8.06. The fourth-order valence-corrected chi connectivity index (χ4v) is 5.18. The summed E-state index contributed by atoms with van der Waals surface area (Å²) < 4.78 is 0. The second-order valence-corrected chi connectivity index (χ2v) is 9.31. The van der Waals surface area contributed by atoms with Crippen molar-refractivity contribution in [1.82, 2.24) is 20.1 Å². The van der Waals surface area contributed by atoms with Crippen molar-refractivity contribution in [3.8, 4) is 10.6 Å². The van der Waals surface area contributed by atoms with Gasteiger partial charge in [-0.1, -0.05) is 24.3 Å². The molecule has 0 unspecified atom stereocenters. The maximum Gasteiger partial charge on any atom is 0.263 e. The first-order valence-electron chi connectivity index (χ1n) is 9.85. The van der Waals surface area contributed by atoms with Crippen LogP contribution in [0.5, 0.6) is 0 Å². The molecule has 3 heterocycles. The fraction of sp³-hybridized carbons (Fsp3) is 0.364. The van der Waals surface area contributed by atoms with Crippen molar-refractivity contribution < 1.29 is 4.79 Å². The van der Waals surface area contributed by atoms with Gasteiger partial charge in [-0.3, -0.25) is 9.69 Å². The molecule has 0 spiro atoms. The lowest BCUT2D eigenvalue weighted by Gasteiger charge is -2.32. The van der Waals surface area contributed by atoms with Crippen LogP contribution in [0.25, 0.3) is 10.6 Å². The van der Waals surface area contributed by atoms with Crippen LogP contribution in [0.4, 0.5) is 0 Å². The van der Waals surface area contributed by atoms with Crippen LogP contribution >= 0.6 is 22.7 Å². The van der Waals surface area contributed by atoms with Gasteiger partial charge >= 0.3 is 0 Å². The van der Waals surface area contributed by atoms with E-state index in [9.17, 15) is 4.79 Å². The van der Waals surface area contributed by atoms with Gasteiger partial charge in [-0.2, -0.15) is 11.3 Å². The smallest absolute Gasteiger partial charge is 0.263 e. The van der Waals surface area contributed by atoms with Gasteiger partial charge in [0, 0.05) is 50.2 Å². The van der Waals surface area contributed by atoms with Gasteiger partial charge in [0.2, 0.25) is 0 Å². The molecule has 0 aliphatic carbocycles. The van der Waals surface area contributed by atoms with Gasteiger partial charge in [0.15, 0.2) is 0 Å². The number of benzene rings is 1. The summed E-state index contributed by atoms with van der Waals surface area (Å²) in [7, 11) is 2.18. The largest absolute Gasteiger partial charge is 0.347 e. The molecule has 152 valence electrons. The van der Waals surface area contributed by atoms with Crippen LogP contribution in [0.1, 0.15) is 26.5 Å². The topological polar surface area (TPSA) is 48.5 Å². The molecule has 1 amide bonds. The van der Waals surface area contributed by atoms with E-state index in [1.54, 1.807) is 11.3 Å². The van der Waals surface area contributed by atoms with Gasteiger partial charge in [-0.05, 0) is 36.5 Å². The number of thiazole rings is 1. The third-order valence-electron chi connectivity index (χ3n) is 5.22. The SMILES string of the molecule is Cc1nc(-c2ccsc2)sc1C(=O)NCc1cccc(CN2CCN(C)CC2)c1. The van der Waals surface area contributed by atoms with Crippen LogP contribution in [-0.4, -0.2) is 53.9 Å². The molecule has 4 rings (SSSR count). The summed E-state index contributed by atoms with van der Waals surface area (Å²) in [6, 6.07) is 10.6. The molecule has 5 nitrogen and oxygen atoms in total. The van der Waals surface area contributed by atoms with Gasteiger partial charge in [0.25, 0.3) is 5.91 Å². The Bertz CT molecular complexity index is 959. The van der Waals surface area contributed by atoms with Crippen LogP contribution in [0.15, 0.2) is 41.1 Å². The summed E-state index contributed by atoms with van der Waals surface area (Å²) in [5.41, 5.74) is 4.30.